The van der Waals surface area contributed by atoms with Crippen molar-refractivity contribution in [2.75, 3.05) is 39.1 Å². The largest absolute Gasteiger partial charge is 0.449 e. The van der Waals surface area contributed by atoms with E-state index in [4.69, 9.17) is 4.74 Å². The number of rotatable bonds is 8. The first-order valence-corrected chi connectivity index (χ1v) is 10.2. The van der Waals surface area contributed by atoms with Gasteiger partial charge in [0.05, 0.1) is 25.3 Å². The number of carbonyl (C=O) groups excluding carboxylic acids is 2. The van der Waals surface area contributed by atoms with Crippen molar-refractivity contribution in [3.05, 3.63) is 65.5 Å². The zero-order valence-electron chi connectivity index (χ0n) is 17.8. The SMILES string of the molecule is CN(C)CCCOC(=O)Nc1cccc(CC(=O)N2CCC(c3cccc(F)c3)=N2)c1. The van der Waals surface area contributed by atoms with Gasteiger partial charge in [-0.2, -0.15) is 5.10 Å². The van der Waals surface area contributed by atoms with E-state index in [1.54, 1.807) is 30.3 Å². The van der Waals surface area contributed by atoms with Crippen LogP contribution in [0.5, 0.6) is 0 Å². The van der Waals surface area contributed by atoms with Gasteiger partial charge in [0.25, 0.3) is 0 Å². The number of halogens is 1. The van der Waals surface area contributed by atoms with Gasteiger partial charge in [0, 0.05) is 24.2 Å². The van der Waals surface area contributed by atoms with E-state index in [1.165, 1.54) is 17.1 Å². The van der Waals surface area contributed by atoms with Crippen molar-refractivity contribution >= 4 is 23.4 Å². The van der Waals surface area contributed by atoms with Crippen molar-refractivity contribution in [1.29, 1.82) is 0 Å². The third-order valence-corrected chi connectivity index (χ3v) is 4.76. The zero-order chi connectivity index (χ0) is 22.2. The average molecular weight is 426 g/mol. The van der Waals surface area contributed by atoms with Gasteiger partial charge in [-0.05, 0) is 50.3 Å². The number of nitrogens with zero attached hydrogens (tertiary/aromatic N) is 3. The zero-order valence-corrected chi connectivity index (χ0v) is 17.8. The molecule has 0 unspecified atom stereocenters. The lowest BCUT2D eigenvalue weighted by Crippen LogP contribution is -2.25. The molecule has 1 aliphatic heterocycles. The molecule has 0 bridgehead atoms. The third kappa shape index (κ3) is 6.89. The number of ether oxygens (including phenoxy) is 1. The molecule has 0 aromatic heterocycles. The van der Waals surface area contributed by atoms with Crippen molar-refractivity contribution in [2.24, 2.45) is 5.10 Å². The Kier molecular flexibility index (Phi) is 7.72. The molecule has 7 nitrogen and oxygen atoms in total. The van der Waals surface area contributed by atoms with Crippen molar-refractivity contribution < 1.29 is 18.7 Å². The molecular formula is C23H27FN4O3. The molecule has 2 aromatic rings. The van der Waals surface area contributed by atoms with Crippen molar-refractivity contribution in [2.45, 2.75) is 19.3 Å². The van der Waals surface area contributed by atoms with E-state index >= 15 is 0 Å². The van der Waals surface area contributed by atoms with Crippen LogP contribution >= 0.6 is 0 Å². The van der Waals surface area contributed by atoms with Gasteiger partial charge in [0.2, 0.25) is 5.91 Å². The molecule has 3 rings (SSSR count). The summed E-state index contributed by atoms with van der Waals surface area (Å²) in [5.74, 6) is -0.486. The molecule has 1 N–H and O–H groups in total. The maximum absolute atomic E-state index is 13.4. The monoisotopic (exact) mass is 426 g/mol. The van der Waals surface area contributed by atoms with E-state index in [2.05, 4.69) is 10.4 Å². The summed E-state index contributed by atoms with van der Waals surface area (Å²) in [5, 5.41) is 8.46. The van der Waals surface area contributed by atoms with Gasteiger partial charge < -0.3 is 9.64 Å². The van der Waals surface area contributed by atoms with Crippen LogP contribution in [0.3, 0.4) is 0 Å². The Bertz CT molecular complexity index is 961. The smallest absolute Gasteiger partial charge is 0.411 e. The van der Waals surface area contributed by atoms with Crippen molar-refractivity contribution in [3.63, 3.8) is 0 Å². The topological polar surface area (TPSA) is 74.2 Å². The second-order valence-electron chi connectivity index (χ2n) is 7.62. The average Bonchev–Trinajstić information content (AvgIpc) is 3.22. The molecule has 0 atom stereocenters. The van der Waals surface area contributed by atoms with E-state index in [9.17, 15) is 14.0 Å². The number of nitrogens with one attached hydrogen (secondary N) is 1. The summed E-state index contributed by atoms with van der Waals surface area (Å²) < 4.78 is 18.6. The fourth-order valence-corrected chi connectivity index (χ4v) is 3.23. The van der Waals surface area contributed by atoms with Crippen LogP contribution in [0.15, 0.2) is 53.6 Å². The second kappa shape index (κ2) is 10.7. The summed E-state index contributed by atoms with van der Waals surface area (Å²) in [6.45, 7) is 1.63. The van der Waals surface area contributed by atoms with E-state index < -0.39 is 6.09 Å². The van der Waals surface area contributed by atoms with Crippen LogP contribution in [-0.2, 0) is 16.0 Å². The number of anilines is 1. The molecule has 1 aliphatic rings. The Morgan fingerprint density at radius 2 is 2.00 bits per heavy atom. The normalized spacial score (nSPS) is 13.3. The molecule has 2 aromatic carbocycles. The number of hydrogen-bond donors (Lipinski definition) is 1. The first-order valence-electron chi connectivity index (χ1n) is 10.2. The van der Waals surface area contributed by atoms with Gasteiger partial charge in [-0.3, -0.25) is 10.1 Å². The number of benzene rings is 2. The Labute approximate surface area is 181 Å². The minimum Gasteiger partial charge on any atom is -0.449 e. The molecule has 0 saturated carbocycles. The summed E-state index contributed by atoms with van der Waals surface area (Å²) in [6.07, 6.45) is 0.957. The Morgan fingerprint density at radius 1 is 1.19 bits per heavy atom. The highest BCUT2D eigenvalue weighted by Crippen LogP contribution is 2.17. The van der Waals surface area contributed by atoms with Gasteiger partial charge in [0.15, 0.2) is 0 Å². The minimum absolute atomic E-state index is 0.146. The van der Waals surface area contributed by atoms with Gasteiger partial charge in [-0.1, -0.05) is 24.3 Å². The lowest BCUT2D eigenvalue weighted by atomic mass is 10.1. The van der Waals surface area contributed by atoms with Gasteiger partial charge in [-0.15, -0.1) is 0 Å². The van der Waals surface area contributed by atoms with E-state index in [1.807, 2.05) is 25.1 Å². The maximum atomic E-state index is 13.4. The fraction of sp³-hybridized carbons (Fsp3) is 0.348. The first-order chi connectivity index (χ1) is 14.9. The fourth-order valence-electron chi connectivity index (χ4n) is 3.23. The lowest BCUT2D eigenvalue weighted by Gasteiger charge is -2.13. The van der Waals surface area contributed by atoms with Crippen molar-refractivity contribution in [3.8, 4) is 0 Å². The van der Waals surface area contributed by atoms with Gasteiger partial charge in [0.1, 0.15) is 5.82 Å². The lowest BCUT2D eigenvalue weighted by molar-refractivity contribution is -0.130. The Balaban J connectivity index is 1.53. The highest BCUT2D eigenvalue weighted by Gasteiger charge is 2.22. The van der Waals surface area contributed by atoms with E-state index in [0.29, 0.717) is 36.5 Å². The van der Waals surface area contributed by atoms with Crippen LogP contribution in [0, 0.1) is 5.82 Å². The van der Waals surface area contributed by atoms with E-state index in [0.717, 1.165) is 18.5 Å². The number of hydrazone groups is 1. The summed E-state index contributed by atoms with van der Waals surface area (Å²) >= 11 is 0. The Morgan fingerprint density at radius 3 is 2.77 bits per heavy atom. The van der Waals surface area contributed by atoms with Crippen LogP contribution in [0.25, 0.3) is 0 Å². The minimum atomic E-state index is -0.522. The predicted molar refractivity (Wildman–Crippen MR) is 118 cm³/mol. The summed E-state index contributed by atoms with van der Waals surface area (Å²) in [4.78, 5) is 26.6. The molecule has 8 heteroatoms. The molecule has 31 heavy (non-hydrogen) atoms. The first kappa shape index (κ1) is 22.4. The van der Waals surface area contributed by atoms with Crippen LogP contribution in [-0.4, -0.2) is 61.4 Å². The molecule has 164 valence electrons. The molecule has 1 heterocycles. The molecule has 0 spiro atoms. The highest BCUT2D eigenvalue weighted by molar-refractivity contribution is 6.02. The summed E-state index contributed by atoms with van der Waals surface area (Å²) in [6, 6.07) is 13.3. The molecular weight excluding hydrogens is 399 g/mol. The van der Waals surface area contributed by atoms with Crippen molar-refractivity contribution in [1.82, 2.24) is 9.91 Å². The van der Waals surface area contributed by atoms with Crippen LogP contribution in [0.1, 0.15) is 24.0 Å². The van der Waals surface area contributed by atoms with Gasteiger partial charge in [-0.25, -0.2) is 14.2 Å². The third-order valence-electron chi connectivity index (χ3n) is 4.76. The molecule has 2 amide bonds. The van der Waals surface area contributed by atoms with Crippen LogP contribution < -0.4 is 5.32 Å². The summed E-state index contributed by atoms with van der Waals surface area (Å²) in [5.41, 5.74) is 2.70. The number of carbonyl (C=O) groups is 2. The predicted octanol–water partition coefficient (Wildman–Crippen LogP) is 3.51. The number of hydrogen-bond acceptors (Lipinski definition) is 5. The standard InChI is InChI=1S/C23H27FN4O3/c1-27(2)11-5-13-31-23(30)25-20-9-3-6-17(14-20)15-22(29)28-12-10-21(26-28)18-7-4-8-19(24)16-18/h3-4,6-9,14,16H,5,10-13,15H2,1-2H3,(H,25,30). The molecule has 0 radical (unpaired) electrons. The number of amides is 2. The van der Waals surface area contributed by atoms with E-state index in [-0.39, 0.29) is 18.1 Å². The van der Waals surface area contributed by atoms with Crippen LogP contribution in [0.4, 0.5) is 14.9 Å². The van der Waals surface area contributed by atoms with Gasteiger partial charge >= 0.3 is 6.09 Å². The quantitative estimate of drug-likeness (QED) is 0.656. The Hall–Kier alpha value is -3.26. The summed E-state index contributed by atoms with van der Waals surface area (Å²) in [7, 11) is 3.92. The molecule has 0 fully saturated rings. The van der Waals surface area contributed by atoms with Crippen LogP contribution in [0.2, 0.25) is 0 Å². The maximum Gasteiger partial charge on any atom is 0.411 e. The highest BCUT2D eigenvalue weighted by atomic mass is 19.1. The molecule has 0 saturated heterocycles. The second-order valence-corrected chi connectivity index (χ2v) is 7.62. The molecule has 0 aliphatic carbocycles.